The van der Waals surface area contributed by atoms with Crippen molar-refractivity contribution in [1.29, 1.82) is 0 Å². The van der Waals surface area contributed by atoms with Crippen LogP contribution in [0.5, 0.6) is 5.88 Å². The van der Waals surface area contributed by atoms with Gasteiger partial charge < -0.3 is 9.84 Å². The lowest BCUT2D eigenvalue weighted by Gasteiger charge is -2.11. The van der Waals surface area contributed by atoms with Crippen LogP contribution in [0.1, 0.15) is 25.8 Å². The lowest BCUT2D eigenvalue weighted by Crippen LogP contribution is -2.10. The fourth-order valence-corrected chi connectivity index (χ4v) is 0.864. The van der Waals surface area contributed by atoms with E-state index in [1.807, 2.05) is 13.0 Å². The summed E-state index contributed by atoms with van der Waals surface area (Å²) in [6, 6.07) is 3.59. The van der Waals surface area contributed by atoms with Crippen LogP contribution in [0.15, 0.2) is 18.3 Å². The Kier molecular flexibility index (Phi) is 3.71. The molecule has 1 heterocycles. The average molecular weight is 181 g/mol. The van der Waals surface area contributed by atoms with Gasteiger partial charge >= 0.3 is 0 Å². The molecule has 1 atom stereocenters. The fourth-order valence-electron chi connectivity index (χ4n) is 0.864. The highest BCUT2D eigenvalue weighted by Crippen LogP contribution is 2.10. The van der Waals surface area contributed by atoms with E-state index < -0.39 is 0 Å². The Morgan fingerprint density at radius 1 is 1.54 bits per heavy atom. The summed E-state index contributed by atoms with van der Waals surface area (Å²) in [5.41, 5.74) is 0.802. The van der Waals surface area contributed by atoms with Crippen LogP contribution < -0.4 is 4.74 Å². The van der Waals surface area contributed by atoms with Gasteiger partial charge in [-0.05, 0) is 25.0 Å². The summed E-state index contributed by atoms with van der Waals surface area (Å²) in [5, 5.41) is 8.78. The summed E-state index contributed by atoms with van der Waals surface area (Å²) >= 11 is 0. The van der Waals surface area contributed by atoms with Gasteiger partial charge in [0.15, 0.2) is 0 Å². The van der Waals surface area contributed by atoms with E-state index in [0.717, 1.165) is 12.0 Å². The summed E-state index contributed by atoms with van der Waals surface area (Å²) in [6.07, 6.45) is 2.77. The third kappa shape index (κ3) is 3.03. The monoisotopic (exact) mass is 181 g/mol. The topological polar surface area (TPSA) is 42.4 Å². The molecule has 0 bridgehead atoms. The third-order valence-electron chi connectivity index (χ3n) is 1.88. The van der Waals surface area contributed by atoms with Crippen LogP contribution in [0.3, 0.4) is 0 Å². The molecule has 1 rings (SSSR count). The molecule has 0 fully saturated rings. The van der Waals surface area contributed by atoms with Gasteiger partial charge in [0.1, 0.15) is 0 Å². The first-order valence-corrected chi connectivity index (χ1v) is 4.48. The normalized spacial score (nSPS) is 12.5. The number of hydrogen-bond acceptors (Lipinski definition) is 3. The van der Waals surface area contributed by atoms with Crippen molar-refractivity contribution in [1.82, 2.24) is 4.98 Å². The van der Waals surface area contributed by atoms with E-state index in [1.54, 1.807) is 12.3 Å². The van der Waals surface area contributed by atoms with Crippen molar-refractivity contribution >= 4 is 0 Å². The van der Waals surface area contributed by atoms with E-state index in [0.29, 0.717) is 5.88 Å². The molecular weight excluding hydrogens is 166 g/mol. The van der Waals surface area contributed by atoms with Crippen LogP contribution in [-0.4, -0.2) is 16.2 Å². The first-order valence-electron chi connectivity index (χ1n) is 4.48. The molecular formula is C10H15NO2. The van der Waals surface area contributed by atoms with Gasteiger partial charge in [-0.15, -0.1) is 0 Å². The number of nitrogens with zero attached hydrogens (tertiary/aromatic N) is 1. The predicted molar refractivity (Wildman–Crippen MR) is 50.5 cm³/mol. The molecule has 13 heavy (non-hydrogen) atoms. The van der Waals surface area contributed by atoms with Gasteiger partial charge in [0.25, 0.3) is 0 Å². The van der Waals surface area contributed by atoms with Gasteiger partial charge in [0, 0.05) is 12.3 Å². The van der Waals surface area contributed by atoms with Gasteiger partial charge in [-0.3, -0.25) is 0 Å². The van der Waals surface area contributed by atoms with Gasteiger partial charge in [0.05, 0.1) is 12.7 Å². The highest BCUT2D eigenvalue weighted by molar-refractivity contribution is 5.17. The highest BCUT2D eigenvalue weighted by atomic mass is 16.5. The standard InChI is InChI=1S/C10H15NO2/c1-3-8(2)13-10-5-4-9(7-12)6-11-10/h4-6,8,12H,3,7H2,1-2H3. The maximum Gasteiger partial charge on any atom is 0.213 e. The second-order valence-corrected chi connectivity index (χ2v) is 3.00. The molecule has 3 heteroatoms. The lowest BCUT2D eigenvalue weighted by molar-refractivity contribution is 0.208. The largest absolute Gasteiger partial charge is 0.475 e. The Hall–Kier alpha value is -1.09. The van der Waals surface area contributed by atoms with E-state index in [4.69, 9.17) is 9.84 Å². The molecule has 0 aliphatic rings. The van der Waals surface area contributed by atoms with Crippen molar-refractivity contribution in [2.24, 2.45) is 0 Å². The predicted octanol–water partition coefficient (Wildman–Crippen LogP) is 1.75. The van der Waals surface area contributed by atoms with E-state index in [1.165, 1.54) is 0 Å². The lowest BCUT2D eigenvalue weighted by atomic mass is 10.3. The van der Waals surface area contributed by atoms with E-state index in [-0.39, 0.29) is 12.7 Å². The molecule has 0 aromatic carbocycles. The summed E-state index contributed by atoms with van der Waals surface area (Å²) in [7, 11) is 0. The van der Waals surface area contributed by atoms with Crippen LogP contribution in [-0.2, 0) is 6.61 Å². The second kappa shape index (κ2) is 4.82. The van der Waals surface area contributed by atoms with Crippen molar-refractivity contribution in [3.63, 3.8) is 0 Å². The second-order valence-electron chi connectivity index (χ2n) is 3.00. The molecule has 0 aliphatic heterocycles. The maximum absolute atomic E-state index is 8.78. The minimum atomic E-state index is 0.0244. The van der Waals surface area contributed by atoms with Crippen molar-refractivity contribution < 1.29 is 9.84 Å². The number of rotatable bonds is 4. The van der Waals surface area contributed by atoms with Crippen LogP contribution in [0, 0.1) is 0 Å². The molecule has 0 radical (unpaired) electrons. The van der Waals surface area contributed by atoms with Gasteiger partial charge in [0.2, 0.25) is 5.88 Å². The first kappa shape index (κ1) is 9.99. The van der Waals surface area contributed by atoms with Crippen LogP contribution in [0.25, 0.3) is 0 Å². The van der Waals surface area contributed by atoms with Gasteiger partial charge in [-0.2, -0.15) is 0 Å². The highest BCUT2D eigenvalue weighted by Gasteiger charge is 2.01. The van der Waals surface area contributed by atoms with Gasteiger partial charge in [-0.25, -0.2) is 4.98 Å². The molecule has 1 aromatic heterocycles. The van der Waals surface area contributed by atoms with Crippen LogP contribution in [0.2, 0.25) is 0 Å². The molecule has 0 spiro atoms. The summed E-state index contributed by atoms with van der Waals surface area (Å²) in [5.74, 6) is 0.617. The molecule has 0 aliphatic carbocycles. The fraction of sp³-hybridized carbons (Fsp3) is 0.500. The van der Waals surface area contributed by atoms with E-state index in [9.17, 15) is 0 Å². The zero-order chi connectivity index (χ0) is 9.68. The molecule has 0 amide bonds. The Labute approximate surface area is 78.4 Å². The van der Waals surface area contributed by atoms with E-state index in [2.05, 4.69) is 11.9 Å². The van der Waals surface area contributed by atoms with Gasteiger partial charge in [-0.1, -0.05) is 6.92 Å². The average Bonchev–Trinajstić information content (AvgIpc) is 2.19. The Bertz CT molecular complexity index is 246. The van der Waals surface area contributed by atoms with Crippen molar-refractivity contribution in [2.75, 3.05) is 0 Å². The minimum absolute atomic E-state index is 0.0244. The Balaban J connectivity index is 2.58. The quantitative estimate of drug-likeness (QED) is 0.769. The number of aliphatic hydroxyl groups is 1. The number of pyridine rings is 1. The smallest absolute Gasteiger partial charge is 0.213 e. The van der Waals surface area contributed by atoms with Crippen LogP contribution >= 0.6 is 0 Å². The van der Waals surface area contributed by atoms with Crippen molar-refractivity contribution in [3.05, 3.63) is 23.9 Å². The third-order valence-corrected chi connectivity index (χ3v) is 1.88. The number of ether oxygens (including phenoxy) is 1. The van der Waals surface area contributed by atoms with Crippen molar-refractivity contribution in [3.8, 4) is 5.88 Å². The molecule has 72 valence electrons. The minimum Gasteiger partial charge on any atom is -0.475 e. The molecule has 1 aromatic rings. The molecule has 0 saturated heterocycles. The molecule has 0 saturated carbocycles. The zero-order valence-corrected chi connectivity index (χ0v) is 8.03. The molecule has 1 N–H and O–H groups in total. The van der Waals surface area contributed by atoms with E-state index >= 15 is 0 Å². The number of aliphatic hydroxyl groups excluding tert-OH is 1. The Morgan fingerprint density at radius 2 is 2.31 bits per heavy atom. The SMILES string of the molecule is CCC(C)Oc1ccc(CO)cn1. The number of hydrogen-bond donors (Lipinski definition) is 1. The Morgan fingerprint density at radius 3 is 2.77 bits per heavy atom. The summed E-state index contributed by atoms with van der Waals surface area (Å²) < 4.78 is 5.47. The summed E-state index contributed by atoms with van der Waals surface area (Å²) in [6.45, 7) is 4.09. The molecule has 3 nitrogen and oxygen atoms in total. The summed E-state index contributed by atoms with van der Waals surface area (Å²) in [4.78, 5) is 4.06. The maximum atomic E-state index is 8.78. The van der Waals surface area contributed by atoms with Crippen LogP contribution in [0.4, 0.5) is 0 Å². The van der Waals surface area contributed by atoms with Crippen molar-refractivity contribution in [2.45, 2.75) is 33.0 Å². The first-order chi connectivity index (χ1) is 6.26. The number of aromatic nitrogens is 1. The molecule has 1 unspecified atom stereocenters. The zero-order valence-electron chi connectivity index (χ0n) is 8.03.